The van der Waals surface area contributed by atoms with Gasteiger partial charge in [-0.15, -0.1) is 11.3 Å². The van der Waals surface area contributed by atoms with Gasteiger partial charge in [0.2, 0.25) is 0 Å². The highest BCUT2D eigenvalue weighted by molar-refractivity contribution is 7.15. The van der Waals surface area contributed by atoms with Gasteiger partial charge in [-0.05, 0) is 19.1 Å². The second kappa shape index (κ2) is 5.77. The van der Waals surface area contributed by atoms with E-state index in [0.29, 0.717) is 10.2 Å². The average Bonchev–Trinajstić information content (AvgIpc) is 2.73. The molecule has 0 radical (unpaired) electrons. The van der Waals surface area contributed by atoms with E-state index in [0.717, 1.165) is 4.88 Å². The Balaban J connectivity index is 2.33. The summed E-state index contributed by atoms with van der Waals surface area (Å²) in [5, 5.41) is 3.85. The fourth-order valence-electron chi connectivity index (χ4n) is 1.51. The topological polar surface area (TPSA) is 51.2 Å². The van der Waals surface area contributed by atoms with Gasteiger partial charge in [0, 0.05) is 16.1 Å². The van der Waals surface area contributed by atoms with Crippen molar-refractivity contribution in [2.45, 2.75) is 6.92 Å². The third kappa shape index (κ3) is 3.18. The third-order valence-corrected chi connectivity index (χ3v) is 3.63. The molecule has 7 heteroatoms. The number of nitrogens with zero attached hydrogens (tertiary/aromatic N) is 1. The molecule has 0 aliphatic carbocycles. The van der Waals surface area contributed by atoms with Gasteiger partial charge in [-0.2, -0.15) is 0 Å². The van der Waals surface area contributed by atoms with Crippen LogP contribution in [0.4, 0.5) is 5.13 Å². The third-order valence-electron chi connectivity index (χ3n) is 2.30. The van der Waals surface area contributed by atoms with Crippen molar-refractivity contribution in [3.8, 4) is 5.75 Å². The van der Waals surface area contributed by atoms with Crippen molar-refractivity contribution >= 4 is 45.6 Å². The van der Waals surface area contributed by atoms with E-state index in [1.54, 1.807) is 6.20 Å². The van der Waals surface area contributed by atoms with Crippen molar-refractivity contribution in [1.82, 2.24) is 4.98 Å². The fraction of sp³-hybridized carbons (Fsp3) is 0.167. The van der Waals surface area contributed by atoms with Gasteiger partial charge in [-0.25, -0.2) is 4.98 Å². The lowest BCUT2D eigenvalue weighted by molar-refractivity contribution is 0.102. The zero-order valence-corrected chi connectivity index (χ0v) is 12.5. The molecule has 0 fully saturated rings. The quantitative estimate of drug-likeness (QED) is 0.930. The van der Waals surface area contributed by atoms with Crippen LogP contribution < -0.4 is 10.1 Å². The molecule has 0 spiro atoms. The summed E-state index contributed by atoms with van der Waals surface area (Å²) >= 11 is 13.3. The molecular formula is C12H10Cl2N2O2S. The summed E-state index contributed by atoms with van der Waals surface area (Å²) in [6.07, 6.45) is 1.68. The molecule has 2 rings (SSSR count). The van der Waals surface area contributed by atoms with Crippen LogP contribution in [0, 0.1) is 6.92 Å². The molecule has 4 nitrogen and oxygen atoms in total. The van der Waals surface area contributed by atoms with E-state index in [9.17, 15) is 4.79 Å². The number of hydrogen-bond donors (Lipinski definition) is 1. The summed E-state index contributed by atoms with van der Waals surface area (Å²) < 4.78 is 5.13. The first-order valence-electron chi connectivity index (χ1n) is 5.28. The van der Waals surface area contributed by atoms with Gasteiger partial charge in [0.15, 0.2) is 5.13 Å². The van der Waals surface area contributed by atoms with E-state index in [1.807, 2.05) is 6.92 Å². The first-order chi connectivity index (χ1) is 9.01. The first kappa shape index (κ1) is 14.1. The van der Waals surface area contributed by atoms with Crippen LogP contribution in [-0.4, -0.2) is 18.0 Å². The molecule has 0 atom stereocenters. The Bertz CT molecular complexity index is 628. The Kier molecular flexibility index (Phi) is 4.29. The van der Waals surface area contributed by atoms with Crippen molar-refractivity contribution in [2.75, 3.05) is 12.4 Å². The molecule has 100 valence electrons. The molecule has 1 N–H and O–H groups in total. The van der Waals surface area contributed by atoms with E-state index >= 15 is 0 Å². The maximum atomic E-state index is 12.2. The van der Waals surface area contributed by atoms with Crippen molar-refractivity contribution in [1.29, 1.82) is 0 Å². The van der Waals surface area contributed by atoms with E-state index in [4.69, 9.17) is 27.9 Å². The number of thiazole rings is 1. The van der Waals surface area contributed by atoms with Crippen molar-refractivity contribution in [3.63, 3.8) is 0 Å². The molecule has 0 bridgehead atoms. The van der Waals surface area contributed by atoms with E-state index in [2.05, 4.69) is 10.3 Å². The minimum Gasteiger partial charge on any atom is -0.494 e. The summed E-state index contributed by atoms with van der Waals surface area (Å²) in [7, 11) is 1.44. The number of nitrogens with one attached hydrogen (secondary N) is 1. The standard InChI is InChI=1S/C12H10Cl2N2O2S/c1-6-5-15-12(19-6)16-11(17)8-3-7(13)4-9(14)10(8)18-2/h3-5H,1-2H3,(H,15,16,17). The van der Waals surface area contributed by atoms with Gasteiger partial charge in [-0.3, -0.25) is 10.1 Å². The number of ether oxygens (including phenoxy) is 1. The van der Waals surface area contributed by atoms with Crippen LogP contribution in [-0.2, 0) is 0 Å². The zero-order chi connectivity index (χ0) is 14.0. The molecule has 0 aliphatic rings. The number of carbonyl (C=O) groups excluding carboxylic acids is 1. The molecule has 2 aromatic rings. The Morgan fingerprint density at radius 1 is 1.42 bits per heavy atom. The number of benzene rings is 1. The van der Waals surface area contributed by atoms with Gasteiger partial charge in [-0.1, -0.05) is 23.2 Å². The van der Waals surface area contributed by atoms with Crippen LogP contribution in [0.5, 0.6) is 5.75 Å². The van der Waals surface area contributed by atoms with Crippen molar-refractivity contribution in [2.24, 2.45) is 0 Å². The molecule has 1 amide bonds. The highest BCUT2D eigenvalue weighted by Crippen LogP contribution is 2.32. The maximum Gasteiger partial charge on any atom is 0.261 e. The van der Waals surface area contributed by atoms with Gasteiger partial charge in [0.1, 0.15) is 5.75 Å². The summed E-state index contributed by atoms with van der Waals surface area (Å²) in [5.74, 6) is -0.0764. The summed E-state index contributed by atoms with van der Waals surface area (Å²) in [6, 6.07) is 3.02. The molecule has 1 heterocycles. The van der Waals surface area contributed by atoms with Gasteiger partial charge in [0.05, 0.1) is 17.7 Å². The molecular weight excluding hydrogens is 307 g/mol. The lowest BCUT2D eigenvalue weighted by Gasteiger charge is -2.10. The minimum absolute atomic E-state index is 0.271. The number of anilines is 1. The first-order valence-corrected chi connectivity index (χ1v) is 6.85. The van der Waals surface area contributed by atoms with E-state index < -0.39 is 0 Å². The SMILES string of the molecule is COc1c(Cl)cc(Cl)cc1C(=O)Nc1ncc(C)s1. The zero-order valence-electron chi connectivity index (χ0n) is 10.2. The molecule has 0 unspecified atom stereocenters. The largest absolute Gasteiger partial charge is 0.494 e. The van der Waals surface area contributed by atoms with Gasteiger partial charge in [0.25, 0.3) is 5.91 Å². The van der Waals surface area contributed by atoms with Crippen LogP contribution in [0.1, 0.15) is 15.2 Å². The Morgan fingerprint density at radius 3 is 2.74 bits per heavy atom. The van der Waals surface area contributed by atoms with Crippen LogP contribution >= 0.6 is 34.5 Å². The fourth-order valence-corrected chi connectivity index (χ4v) is 2.74. The summed E-state index contributed by atoms with van der Waals surface area (Å²) in [5.41, 5.74) is 0.271. The number of rotatable bonds is 3. The lowest BCUT2D eigenvalue weighted by Crippen LogP contribution is -2.13. The van der Waals surface area contributed by atoms with Crippen LogP contribution in [0.3, 0.4) is 0 Å². The summed E-state index contributed by atoms with van der Waals surface area (Å²) in [6.45, 7) is 1.91. The maximum absolute atomic E-state index is 12.2. The summed E-state index contributed by atoms with van der Waals surface area (Å²) in [4.78, 5) is 17.2. The van der Waals surface area contributed by atoms with Crippen LogP contribution in [0.2, 0.25) is 10.0 Å². The second-order valence-corrected chi connectivity index (χ2v) is 5.78. The van der Waals surface area contributed by atoms with Gasteiger partial charge < -0.3 is 4.74 Å². The van der Waals surface area contributed by atoms with Crippen molar-refractivity contribution in [3.05, 3.63) is 38.8 Å². The minimum atomic E-state index is -0.365. The number of methoxy groups -OCH3 is 1. The second-order valence-electron chi connectivity index (χ2n) is 3.70. The van der Waals surface area contributed by atoms with Crippen LogP contribution in [0.15, 0.2) is 18.3 Å². The number of aromatic nitrogens is 1. The Hall–Kier alpha value is -1.30. The normalized spacial score (nSPS) is 10.3. The number of aryl methyl sites for hydroxylation is 1. The monoisotopic (exact) mass is 316 g/mol. The molecule has 19 heavy (non-hydrogen) atoms. The predicted molar refractivity (Wildman–Crippen MR) is 77.8 cm³/mol. The Morgan fingerprint density at radius 2 is 2.16 bits per heavy atom. The molecule has 1 aromatic heterocycles. The van der Waals surface area contributed by atoms with Gasteiger partial charge >= 0.3 is 0 Å². The predicted octanol–water partition coefficient (Wildman–Crippen LogP) is 4.02. The van der Waals surface area contributed by atoms with Crippen LogP contribution in [0.25, 0.3) is 0 Å². The molecule has 1 aromatic carbocycles. The number of amides is 1. The van der Waals surface area contributed by atoms with E-state index in [1.165, 1.54) is 30.6 Å². The lowest BCUT2D eigenvalue weighted by atomic mass is 10.2. The highest BCUT2D eigenvalue weighted by Gasteiger charge is 2.17. The van der Waals surface area contributed by atoms with Crippen molar-refractivity contribution < 1.29 is 9.53 Å². The molecule has 0 saturated carbocycles. The molecule has 0 saturated heterocycles. The number of halogens is 2. The number of hydrogen-bond acceptors (Lipinski definition) is 4. The molecule has 0 aliphatic heterocycles. The average molecular weight is 317 g/mol. The number of carbonyl (C=O) groups is 1. The van der Waals surface area contributed by atoms with E-state index in [-0.39, 0.29) is 22.2 Å². The smallest absolute Gasteiger partial charge is 0.261 e. The highest BCUT2D eigenvalue weighted by atomic mass is 35.5. The Labute approximate surface area is 124 Å².